The van der Waals surface area contributed by atoms with Crippen molar-refractivity contribution in [1.29, 1.82) is 0 Å². The Balaban J connectivity index is 2.89. The molecule has 2 atom stereocenters. The molecule has 3 N–H and O–H groups in total. The number of hydrogen-bond donors (Lipinski definition) is 2. The van der Waals surface area contributed by atoms with Gasteiger partial charge in [0.1, 0.15) is 0 Å². The largest absolute Gasteiger partial charge is 0.479 e. The number of nitrogens with two attached hydrogens (primary N) is 1. The van der Waals surface area contributed by atoms with Crippen molar-refractivity contribution in [2.75, 3.05) is 0 Å². The zero-order valence-electron chi connectivity index (χ0n) is 9.81. The summed E-state index contributed by atoms with van der Waals surface area (Å²) < 4.78 is 18.7. The number of benzene rings is 1. The maximum Gasteiger partial charge on any atom is 0.344 e. The molecule has 94 valence electrons. The van der Waals surface area contributed by atoms with Gasteiger partial charge in [0.15, 0.2) is 17.7 Å². The maximum atomic E-state index is 13.6. The first-order valence-electron chi connectivity index (χ1n) is 5.40. The Morgan fingerprint density at radius 1 is 1.59 bits per heavy atom. The van der Waals surface area contributed by atoms with Gasteiger partial charge in [-0.3, -0.25) is 0 Å². The Labute approximate surface area is 99.2 Å². The van der Waals surface area contributed by atoms with Gasteiger partial charge in [-0.15, -0.1) is 0 Å². The number of carboxylic acid groups (broad SMARTS) is 1. The molecule has 0 spiro atoms. The van der Waals surface area contributed by atoms with Crippen LogP contribution in [0.15, 0.2) is 18.2 Å². The molecule has 0 aromatic heterocycles. The lowest BCUT2D eigenvalue weighted by Crippen LogP contribution is -2.26. The molecule has 0 amide bonds. The molecule has 0 saturated heterocycles. The number of hydrogen-bond acceptors (Lipinski definition) is 3. The Hall–Kier alpha value is -1.62. The summed E-state index contributed by atoms with van der Waals surface area (Å²) in [5, 5.41) is 8.80. The molecule has 0 bridgehead atoms. The molecule has 1 aromatic rings. The minimum absolute atomic E-state index is 0.0661. The van der Waals surface area contributed by atoms with E-state index in [0.717, 1.165) is 0 Å². The van der Waals surface area contributed by atoms with E-state index in [-0.39, 0.29) is 18.2 Å². The van der Waals surface area contributed by atoms with Crippen LogP contribution in [-0.4, -0.2) is 17.2 Å². The van der Waals surface area contributed by atoms with Gasteiger partial charge in [0.25, 0.3) is 0 Å². The SMILES string of the molecule is CCC(Oc1ccc([C@@H](C)N)cc1F)C(=O)O. The van der Waals surface area contributed by atoms with Crippen LogP contribution in [0.2, 0.25) is 0 Å². The predicted molar refractivity (Wildman–Crippen MR) is 61.3 cm³/mol. The van der Waals surface area contributed by atoms with Crippen LogP contribution >= 0.6 is 0 Å². The van der Waals surface area contributed by atoms with Gasteiger partial charge in [0, 0.05) is 6.04 Å². The van der Waals surface area contributed by atoms with Crippen molar-refractivity contribution in [3.63, 3.8) is 0 Å². The molecular formula is C12H16FNO3. The first kappa shape index (κ1) is 13.4. The summed E-state index contributed by atoms with van der Waals surface area (Å²) in [6.45, 7) is 3.40. The first-order chi connectivity index (χ1) is 7.95. The van der Waals surface area contributed by atoms with E-state index in [9.17, 15) is 9.18 Å². The summed E-state index contributed by atoms with van der Waals surface area (Å²) in [6, 6.07) is 4.01. The Kier molecular flexibility index (Phi) is 4.45. The lowest BCUT2D eigenvalue weighted by Gasteiger charge is -2.14. The van der Waals surface area contributed by atoms with Gasteiger partial charge >= 0.3 is 5.97 Å². The van der Waals surface area contributed by atoms with Gasteiger partial charge < -0.3 is 15.6 Å². The smallest absolute Gasteiger partial charge is 0.344 e. The molecule has 0 aliphatic carbocycles. The molecule has 5 heteroatoms. The van der Waals surface area contributed by atoms with Crippen LogP contribution in [0.1, 0.15) is 31.9 Å². The standard InChI is InChI=1S/C12H16FNO3/c1-3-10(12(15)16)17-11-5-4-8(7(2)14)6-9(11)13/h4-7,10H,3,14H2,1-2H3,(H,15,16)/t7-,10?/m1/s1. The van der Waals surface area contributed by atoms with Crippen LogP contribution in [-0.2, 0) is 4.79 Å². The fourth-order valence-electron chi connectivity index (χ4n) is 1.36. The first-order valence-corrected chi connectivity index (χ1v) is 5.40. The average Bonchev–Trinajstić information content (AvgIpc) is 2.26. The minimum Gasteiger partial charge on any atom is -0.479 e. The molecule has 1 rings (SSSR count). The number of rotatable bonds is 5. The van der Waals surface area contributed by atoms with Crippen LogP contribution < -0.4 is 10.5 Å². The molecule has 0 saturated carbocycles. The van der Waals surface area contributed by atoms with E-state index in [1.54, 1.807) is 19.9 Å². The van der Waals surface area contributed by atoms with E-state index in [4.69, 9.17) is 15.6 Å². The second-order valence-corrected chi connectivity index (χ2v) is 3.83. The van der Waals surface area contributed by atoms with Gasteiger partial charge in [0.05, 0.1) is 0 Å². The van der Waals surface area contributed by atoms with Crippen LogP contribution in [0.25, 0.3) is 0 Å². The van der Waals surface area contributed by atoms with Crippen molar-refractivity contribution in [3.8, 4) is 5.75 Å². The zero-order chi connectivity index (χ0) is 13.0. The van der Waals surface area contributed by atoms with E-state index in [0.29, 0.717) is 5.56 Å². The van der Waals surface area contributed by atoms with Crippen LogP contribution in [0.4, 0.5) is 4.39 Å². The van der Waals surface area contributed by atoms with Crippen molar-refractivity contribution in [2.45, 2.75) is 32.4 Å². The van der Waals surface area contributed by atoms with Crippen LogP contribution in [0.5, 0.6) is 5.75 Å². The second kappa shape index (κ2) is 5.63. The highest BCUT2D eigenvalue weighted by Crippen LogP contribution is 2.22. The molecule has 4 nitrogen and oxygen atoms in total. The summed E-state index contributed by atoms with van der Waals surface area (Å²) in [6.07, 6.45) is -0.769. The molecule has 1 aromatic carbocycles. The fourth-order valence-corrected chi connectivity index (χ4v) is 1.36. The normalized spacial score (nSPS) is 14.1. The van der Waals surface area contributed by atoms with Gasteiger partial charge in [0.2, 0.25) is 0 Å². The van der Waals surface area contributed by atoms with Gasteiger partial charge in [-0.1, -0.05) is 13.0 Å². The van der Waals surface area contributed by atoms with E-state index < -0.39 is 17.9 Å². The van der Waals surface area contributed by atoms with E-state index in [1.807, 2.05) is 0 Å². The topological polar surface area (TPSA) is 72.5 Å². The van der Waals surface area contributed by atoms with E-state index >= 15 is 0 Å². The Bertz CT molecular complexity index is 407. The van der Waals surface area contributed by atoms with Crippen molar-refractivity contribution in [2.24, 2.45) is 5.73 Å². The van der Waals surface area contributed by atoms with E-state index in [1.165, 1.54) is 12.1 Å². The number of carboxylic acids is 1. The molecule has 17 heavy (non-hydrogen) atoms. The highest BCUT2D eigenvalue weighted by Gasteiger charge is 2.18. The zero-order valence-corrected chi connectivity index (χ0v) is 9.81. The number of ether oxygens (including phenoxy) is 1. The third-order valence-corrected chi connectivity index (χ3v) is 2.40. The molecule has 1 unspecified atom stereocenters. The number of aliphatic carboxylic acids is 1. The molecule has 0 radical (unpaired) electrons. The monoisotopic (exact) mass is 241 g/mol. The third kappa shape index (κ3) is 3.42. The molecule has 0 aliphatic heterocycles. The summed E-state index contributed by atoms with van der Waals surface area (Å²) in [5.41, 5.74) is 6.24. The quantitative estimate of drug-likeness (QED) is 0.827. The number of carbonyl (C=O) groups is 1. The maximum absolute atomic E-state index is 13.6. The molecular weight excluding hydrogens is 225 g/mol. The minimum atomic E-state index is -1.11. The van der Waals surface area contributed by atoms with Gasteiger partial charge in [-0.05, 0) is 31.0 Å². The third-order valence-electron chi connectivity index (χ3n) is 2.40. The average molecular weight is 241 g/mol. The molecule has 0 aliphatic rings. The van der Waals surface area contributed by atoms with E-state index in [2.05, 4.69) is 0 Å². The van der Waals surface area contributed by atoms with Crippen molar-refractivity contribution in [3.05, 3.63) is 29.6 Å². The van der Waals surface area contributed by atoms with Crippen LogP contribution in [0.3, 0.4) is 0 Å². The Morgan fingerprint density at radius 2 is 2.24 bits per heavy atom. The highest BCUT2D eigenvalue weighted by atomic mass is 19.1. The second-order valence-electron chi connectivity index (χ2n) is 3.83. The lowest BCUT2D eigenvalue weighted by atomic mass is 10.1. The summed E-state index contributed by atoms with van der Waals surface area (Å²) in [4.78, 5) is 10.8. The van der Waals surface area contributed by atoms with Crippen molar-refractivity contribution in [1.82, 2.24) is 0 Å². The lowest BCUT2D eigenvalue weighted by molar-refractivity contribution is -0.145. The molecule has 0 fully saturated rings. The summed E-state index contributed by atoms with van der Waals surface area (Å²) in [5.74, 6) is -1.77. The predicted octanol–water partition coefficient (Wildman–Crippen LogP) is 2.09. The van der Waals surface area contributed by atoms with Crippen LogP contribution in [0, 0.1) is 5.82 Å². The molecule has 0 heterocycles. The summed E-state index contributed by atoms with van der Waals surface area (Å²) in [7, 11) is 0. The summed E-state index contributed by atoms with van der Waals surface area (Å²) >= 11 is 0. The van der Waals surface area contributed by atoms with Gasteiger partial charge in [-0.25, -0.2) is 9.18 Å². The Morgan fingerprint density at radius 3 is 2.65 bits per heavy atom. The van der Waals surface area contributed by atoms with Crippen molar-refractivity contribution < 1.29 is 19.0 Å². The number of halogens is 1. The van der Waals surface area contributed by atoms with Gasteiger partial charge in [-0.2, -0.15) is 0 Å². The highest BCUT2D eigenvalue weighted by molar-refractivity contribution is 5.72. The fraction of sp³-hybridized carbons (Fsp3) is 0.417. The van der Waals surface area contributed by atoms with Crippen molar-refractivity contribution >= 4 is 5.97 Å².